The molecule has 0 saturated heterocycles. The lowest BCUT2D eigenvalue weighted by atomic mass is 10.3. The minimum absolute atomic E-state index is 0.0213. The van der Waals surface area contributed by atoms with Crippen LogP contribution in [-0.4, -0.2) is 28.0 Å². The number of nitrogens with zero attached hydrogens (tertiary/aromatic N) is 6. The molecule has 2 aromatic rings. The summed E-state index contributed by atoms with van der Waals surface area (Å²) >= 11 is 6.09. The van der Waals surface area contributed by atoms with Crippen molar-refractivity contribution in [3.05, 3.63) is 45.7 Å². The van der Waals surface area contributed by atoms with E-state index in [-0.39, 0.29) is 43.3 Å². The van der Waals surface area contributed by atoms with E-state index in [1.54, 1.807) is 24.3 Å². The number of nitrogens with one attached hydrogen (secondary N) is 1. The number of hydrogen-bond acceptors (Lipinski definition) is 8. The molecule has 132 valence electrons. The molecule has 0 aliphatic rings. The first-order valence-electron chi connectivity index (χ1n) is 7.58. The number of nitriles is 2. The van der Waals surface area contributed by atoms with Gasteiger partial charge in [-0.3, -0.25) is 10.1 Å². The van der Waals surface area contributed by atoms with Crippen molar-refractivity contribution in [2.45, 2.75) is 12.8 Å². The fraction of sp³-hybridized carbons (Fsp3) is 0.250. The standard InChI is InChI=1S/C16H14ClN7O2/c17-12-5-1-2-6-13(12)22-15-14(24(25)26)16(21-11-20-15)23(9-3-7-18)10-4-8-19/h1-2,5-6,11H,3-4,9-10H2,(H,20,21,22). The molecule has 0 radical (unpaired) electrons. The molecule has 26 heavy (non-hydrogen) atoms. The third-order valence-corrected chi connectivity index (χ3v) is 3.73. The average molecular weight is 372 g/mol. The lowest BCUT2D eigenvalue weighted by Crippen LogP contribution is -2.27. The van der Waals surface area contributed by atoms with Crippen LogP contribution in [0.25, 0.3) is 0 Å². The number of aromatic nitrogens is 2. The lowest BCUT2D eigenvalue weighted by molar-refractivity contribution is -0.383. The first kappa shape index (κ1) is 18.9. The summed E-state index contributed by atoms with van der Waals surface area (Å²) in [6, 6.07) is 10.7. The lowest BCUT2D eigenvalue weighted by Gasteiger charge is -2.21. The van der Waals surface area contributed by atoms with Gasteiger partial charge in [0.05, 0.1) is 40.6 Å². The summed E-state index contributed by atoms with van der Waals surface area (Å²) < 4.78 is 0. The first-order valence-corrected chi connectivity index (χ1v) is 7.96. The van der Waals surface area contributed by atoms with Crippen LogP contribution in [0, 0.1) is 32.8 Å². The predicted molar refractivity (Wildman–Crippen MR) is 96.1 cm³/mol. The molecule has 0 unspecified atom stereocenters. The molecule has 0 atom stereocenters. The molecule has 1 N–H and O–H groups in total. The van der Waals surface area contributed by atoms with Crippen molar-refractivity contribution in [3.8, 4) is 12.1 Å². The van der Waals surface area contributed by atoms with Gasteiger partial charge in [0, 0.05) is 13.1 Å². The van der Waals surface area contributed by atoms with Gasteiger partial charge >= 0.3 is 5.69 Å². The molecule has 0 bridgehead atoms. The number of hydrogen-bond donors (Lipinski definition) is 1. The Hall–Kier alpha value is -3.43. The van der Waals surface area contributed by atoms with Gasteiger partial charge < -0.3 is 10.2 Å². The summed E-state index contributed by atoms with van der Waals surface area (Å²) in [6.45, 7) is 0.420. The van der Waals surface area contributed by atoms with E-state index in [2.05, 4.69) is 15.3 Å². The van der Waals surface area contributed by atoms with E-state index in [4.69, 9.17) is 22.1 Å². The van der Waals surface area contributed by atoms with Crippen LogP contribution in [0.4, 0.5) is 23.0 Å². The van der Waals surface area contributed by atoms with Crippen molar-refractivity contribution in [1.29, 1.82) is 10.5 Å². The maximum Gasteiger partial charge on any atom is 0.353 e. The number of para-hydroxylation sites is 1. The minimum atomic E-state index is -0.597. The van der Waals surface area contributed by atoms with Crippen LogP contribution >= 0.6 is 11.6 Å². The fourth-order valence-corrected chi connectivity index (χ4v) is 2.43. The second-order valence-corrected chi connectivity index (χ2v) is 5.47. The summed E-state index contributed by atoms with van der Waals surface area (Å²) in [6.07, 6.45) is 1.47. The number of anilines is 3. The van der Waals surface area contributed by atoms with Gasteiger partial charge in [-0.15, -0.1) is 0 Å². The maximum atomic E-state index is 11.7. The summed E-state index contributed by atoms with van der Waals surface area (Å²) in [7, 11) is 0. The van der Waals surface area contributed by atoms with Crippen molar-refractivity contribution < 1.29 is 4.92 Å². The molecule has 0 aliphatic carbocycles. The second-order valence-electron chi connectivity index (χ2n) is 5.06. The van der Waals surface area contributed by atoms with Crippen molar-refractivity contribution in [2.75, 3.05) is 23.3 Å². The zero-order valence-electron chi connectivity index (χ0n) is 13.6. The molecule has 0 fully saturated rings. The van der Waals surface area contributed by atoms with Crippen LogP contribution in [0.2, 0.25) is 5.02 Å². The van der Waals surface area contributed by atoms with E-state index in [0.29, 0.717) is 10.7 Å². The van der Waals surface area contributed by atoms with Crippen molar-refractivity contribution >= 4 is 34.6 Å². The Morgan fingerprint density at radius 1 is 1.19 bits per heavy atom. The molecule has 0 spiro atoms. The Morgan fingerprint density at radius 3 is 2.42 bits per heavy atom. The highest BCUT2D eigenvalue weighted by Gasteiger charge is 2.27. The van der Waals surface area contributed by atoms with Gasteiger partial charge in [-0.25, -0.2) is 9.97 Å². The van der Waals surface area contributed by atoms with Gasteiger partial charge in [-0.1, -0.05) is 23.7 Å². The van der Waals surface area contributed by atoms with Gasteiger partial charge in [-0.05, 0) is 12.1 Å². The summed E-state index contributed by atoms with van der Waals surface area (Å²) in [5.74, 6) is 0.0251. The van der Waals surface area contributed by atoms with Gasteiger partial charge in [0.2, 0.25) is 11.6 Å². The summed E-state index contributed by atoms with van der Waals surface area (Å²) in [5, 5.41) is 32.5. The van der Waals surface area contributed by atoms with Gasteiger partial charge in [0.1, 0.15) is 6.33 Å². The van der Waals surface area contributed by atoms with Crippen molar-refractivity contribution in [1.82, 2.24) is 9.97 Å². The molecular formula is C16H14ClN7O2. The summed E-state index contributed by atoms with van der Waals surface area (Å²) in [5.41, 5.74) is 0.116. The molecular weight excluding hydrogens is 358 g/mol. The molecule has 0 aliphatic heterocycles. The first-order chi connectivity index (χ1) is 12.6. The van der Waals surface area contributed by atoms with Crippen molar-refractivity contribution in [3.63, 3.8) is 0 Å². The Labute approximate surface area is 154 Å². The highest BCUT2D eigenvalue weighted by molar-refractivity contribution is 6.33. The fourth-order valence-electron chi connectivity index (χ4n) is 2.24. The molecule has 2 rings (SSSR count). The zero-order chi connectivity index (χ0) is 18.9. The monoisotopic (exact) mass is 371 g/mol. The average Bonchev–Trinajstić information content (AvgIpc) is 2.63. The molecule has 10 heteroatoms. The molecule has 0 amide bonds. The largest absolute Gasteiger partial charge is 0.353 e. The van der Waals surface area contributed by atoms with Crippen LogP contribution in [0.5, 0.6) is 0 Å². The van der Waals surface area contributed by atoms with Crippen LogP contribution < -0.4 is 10.2 Å². The number of nitro groups is 1. The quantitative estimate of drug-likeness (QED) is 0.551. The van der Waals surface area contributed by atoms with E-state index in [1.807, 2.05) is 12.1 Å². The van der Waals surface area contributed by atoms with E-state index in [0.717, 1.165) is 0 Å². The van der Waals surface area contributed by atoms with Crippen LogP contribution in [0.15, 0.2) is 30.6 Å². The number of benzene rings is 1. The topological polar surface area (TPSA) is 132 Å². The van der Waals surface area contributed by atoms with Crippen LogP contribution in [0.3, 0.4) is 0 Å². The van der Waals surface area contributed by atoms with E-state index in [9.17, 15) is 10.1 Å². The highest BCUT2D eigenvalue weighted by Crippen LogP contribution is 2.35. The maximum absolute atomic E-state index is 11.7. The molecule has 1 aromatic heterocycles. The third kappa shape index (κ3) is 4.56. The second kappa shape index (κ2) is 9.16. The zero-order valence-corrected chi connectivity index (χ0v) is 14.3. The van der Waals surface area contributed by atoms with Gasteiger partial charge in [0.25, 0.3) is 0 Å². The van der Waals surface area contributed by atoms with E-state index in [1.165, 1.54) is 11.2 Å². The Bertz CT molecular complexity index is 858. The Kier molecular flexibility index (Phi) is 6.66. The molecule has 0 saturated carbocycles. The normalized spacial score (nSPS) is 9.81. The molecule has 1 heterocycles. The van der Waals surface area contributed by atoms with Crippen molar-refractivity contribution in [2.24, 2.45) is 0 Å². The smallest absolute Gasteiger partial charge is 0.349 e. The van der Waals surface area contributed by atoms with Gasteiger partial charge in [-0.2, -0.15) is 10.5 Å². The molecule has 9 nitrogen and oxygen atoms in total. The number of rotatable bonds is 8. The van der Waals surface area contributed by atoms with E-state index < -0.39 is 4.92 Å². The third-order valence-electron chi connectivity index (χ3n) is 3.40. The SMILES string of the molecule is N#CCCN(CCC#N)c1ncnc(Nc2ccccc2Cl)c1[N+](=O)[O-]. The Morgan fingerprint density at radius 2 is 1.85 bits per heavy atom. The van der Waals surface area contributed by atoms with Crippen LogP contribution in [-0.2, 0) is 0 Å². The predicted octanol–water partition coefficient (Wildman–Crippen LogP) is 3.42. The van der Waals surface area contributed by atoms with Gasteiger partial charge in [0.15, 0.2) is 0 Å². The van der Waals surface area contributed by atoms with Crippen LogP contribution in [0.1, 0.15) is 12.8 Å². The number of halogens is 1. The minimum Gasteiger partial charge on any atom is -0.349 e. The van der Waals surface area contributed by atoms with E-state index >= 15 is 0 Å². The molecule has 1 aromatic carbocycles. The Balaban J connectivity index is 2.46. The highest BCUT2D eigenvalue weighted by atomic mass is 35.5. The summed E-state index contributed by atoms with van der Waals surface area (Å²) in [4.78, 5) is 20.6.